The van der Waals surface area contributed by atoms with Crippen LogP contribution in [-0.2, 0) is 19.3 Å². The van der Waals surface area contributed by atoms with E-state index in [4.69, 9.17) is 4.74 Å². The Morgan fingerprint density at radius 2 is 2.08 bits per heavy atom. The standard InChI is InChI=1S/C14H17N3O5S2/c1-9-5-4-6-11(7-9)22-13-10(2)16-14(23-13)17-12(18)8-21-24(19,20)15-3/h4-7,15H,8H2,1-3H3,(H,16,17,18). The van der Waals surface area contributed by atoms with E-state index in [0.717, 1.165) is 16.9 Å². The molecule has 0 aliphatic heterocycles. The maximum absolute atomic E-state index is 11.7. The zero-order valence-electron chi connectivity index (χ0n) is 13.3. The Bertz CT molecular complexity index is 833. The maximum Gasteiger partial charge on any atom is 0.336 e. The van der Waals surface area contributed by atoms with Gasteiger partial charge in [-0.25, -0.2) is 9.17 Å². The summed E-state index contributed by atoms with van der Waals surface area (Å²) in [7, 11) is -2.72. The number of aryl methyl sites for hydroxylation is 2. The van der Waals surface area contributed by atoms with Gasteiger partial charge in [-0.2, -0.15) is 13.1 Å². The van der Waals surface area contributed by atoms with Crippen LogP contribution in [0.2, 0.25) is 0 Å². The smallest absolute Gasteiger partial charge is 0.336 e. The molecule has 130 valence electrons. The number of thiazole rings is 1. The maximum atomic E-state index is 11.7. The largest absolute Gasteiger partial charge is 0.445 e. The molecule has 0 bridgehead atoms. The molecule has 8 nitrogen and oxygen atoms in total. The third-order valence-electron chi connectivity index (χ3n) is 2.80. The monoisotopic (exact) mass is 371 g/mol. The quantitative estimate of drug-likeness (QED) is 0.771. The number of carbonyl (C=O) groups excluding carboxylic acids is 1. The number of nitrogens with one attached hydrogen (secondary N) is 2. The molecule has 0 unspecified atom stereocenters. The number of hydrogen-bond acceptors (Lipinski definition) is 7. The number of nitrogens with zero attached hydrogens (tertiary/aromatic N) is 1. The summed E-state index contributed by atoms with van der Waals surface area (Å²) in [6.07, 6.45) is 0. The lowest BCUT2D eigenvalue weighted by molar-refractivity contribution is -0.118. The fraction of sp³-hybridized carbons (Fsp3) is 0.286. The van der Waals surface area contributed by atoms with Crippen molar-refractivity contribution in [2.75, 3.05) is 19.0 Å². The number of anilines is 1. The molecule has 2 aromatic rings. The molecule has 1 aromatic carbocycles. The second kappa shape index (κ2) is 7.71. The van der Waals surface area contributed by atoms with Crippen LogP contribution in [0.5, 0.6) is 10.8 Å². The molecule has 2 N–H and O–H groups in total. The first kappa shape index (κ1) is 18.3. The first-order chi connectivity index (χ1) is 11.3. The van der Waals surface area contributed by atoms with Crippen LogP contribution in [0.4, 0.5) is 5.13 Å². The summed E-state index contributed by atoms with van der Waals surface area (Å²) in [5.74, 6) is 0.0350. The molecule has 0 saturated heterocycles. The Morgan fingerprint density at radius 1 is 1.33 bits per heavy atom. The molecule has 24 heavy (non-hydrogen) atoms. The molecule has 1 heterocycles. The molecular formula is C14H17N3O5S2. The van der Waals surface area contributed by atoms with E-state index >= 15 is 0 Å². The van der Waals surface area contributed by atoms with Crippen LogP contribution in [0.1, 0.15) is 11.3 Å². The van der Waals surface area contributed by atoms with Gasteiger partial charge in [0.2, 0.25) is 5.06 Å². The first-order valence-electron chi connectivity index (χ1n) is 6.89. The summed E-state index contributed by atoms with van der Waals surface area (Å²) in [6, 6.07) is 7.54. The third kappa shape index (κ3) is 5.27. The SMILES string of the molecule is CNS(=O)(=O)OCC(=O)Nc1nc(C)c(Oc2cccc(C)c2)s1. The predicted octanol–water partition coefficient (Wildman–Crippen LogP) is 1.97. The van der Waals surface area contributed by atoms with Crippen LogP contribution in [0, 0.1) is 13.8 Å². The molecule has 1 amide bonds. The van der Waals surface area contributed by atoms with E-state index in [1.54, 1.807) is 6.92 Å². The summed E-state index contributed by atoms with van der Waals surface area (Å²) < 4.78 is 34.3. The van der Waals surface area contributed by atoms with Gasteiger partial charge in [0.15, 0.2) is 5.13 Å². The van der Waals surface area contributed by atoms with Crippen LogP contribution in [0.15, 0.2) is 24.3 Å². The summed E-state index contributed by atoms with van der Waals surface area (Å²) in [4.78, 5) is 15.9. The fourth-order valence-electron chi connectivity index (χ4n) is 1.66. The minimum absolute atomic E-state index is 0.297. The van der Waals surface area contributed by atoms with Crippen molar-refractivity contribution >= 4 is 32.7 Å². The lowest BCUT2D eigenvalue weighted by atomic mass is 10.2. The Labute approximate surface area is 144 Å². The topological polar surface area (TPSA) is 107 Å². The number of carbonyl (C=O) groups is 1. The Balaban J connectivity index is 1.99. The molecular weight excluding hydrogens is 354 g/mol. The van der Waals surface area contributed by atoms with E-state index in [0.29, 0.717) is 21.6 Å². The number of amides is 1. The molecule has 0 spiro atoms. The van der Waals surface area contributed by atoms with E-state index in [-0.39, 0.29) is 0 Å². The third-order valence-corrected chi connectivity index (χ3v) is 4.67. The normalized spacial score (nSPS) is 11.3. The van der Waals surface area contributed by atoms with E-state index in [1.807, 2.05) is 35.9 Å². The minimum Gasteiger partial charge on any atom is -0.445 e. The van der Waals surface area contributed by atoms with Crippen LogP contribution in [0.3, 0.4) is 0 Å². The zero-order chi connectivity index (χ0) is 17.7. The summed E-state index contributed by atoms with van der Waals surface area (Å²) in [6.45, 7) is 3.06. The highest BCUT2D eigenvalue weighted by Gasteiger charge is 2.15. The molecule has 0 saturated carbocycles. The summed E-state index contributed by atoms with van der Waals surface area (Å²) in [5.41, 5.74) is 1.67. The molecule has 10 heteroatoms. The van der Waals surface area contributed by atoms with Gasteiger partial charge in [-0.05, 0) is 31.5 Å². The molecule has 1 aromatic heterocycles. The van der Waals surface area contributed by atoms with Crippen molar-refractivity contribution in [3.63, 3.8) is 0 Å². The van der Waals surface area contributed by atoms with E-state index < -0.39 is 22.8 Å². The Morgan fingerprint density at radius 3 is 2.75 bits per heavy atom. The summed E-state index contributed by atoms with van der Waals surface area (Å²) in [5, 5.41) is 3.31. The summed E-state index contributed by atoms with van der Waals surface area (Å²) >= 11 is 1.14. The predicted molar refractivity (Wildman–Crippen MR) is 90.7 cm³/mol. The van der Waals surface area contributed by atoms with Gasteiger partial charge < -0.3 is 4.74 Å². The average molecular weight is 371 g/mol. The second-order valence-corrected chi connectivity index (χ2v) is 7.29. The van der Waals surface area contributed by atoms with Gasteiger partial charge in [-0.1, -0.05) is 23.5 Å². The number of aromatic nitrogens is 1. The van der Waals surface area contributed by atoms with Crippen molar-refractivity contribution in [2.24, 2.45) is 0 Å². The van der Waals surface area contributed by atoms with Crippen molar-refractivity contribution in [3.05, 3.63) is 35.5 Å². The van der Waals surface area contributed by atoms with Gasteiger partial charge in [0, 0.05) is 7.05 Å². The highest BCUT2D eigenvalue weighted by atomic mass is 32.2. The Kier molecular flexibility index (Phi) is 5.89. The lowest BCUT2D eigenvalue weighted by Gasteiger charge is -2.04. The number of benzene rings is 1. The molecule has 0 atom stereocenters. The first-order valence-corrected chi connectivity index (χ1v) is 9.11. The molecule has 0 aliphatic rings. The second-order valence-electron chi connectivity index (χ2n) is 4.78. The van der Waals surface area contributed by atoms with Crippen molar-refractivity contribution in [2.45, 2.75) is 13.8 Å². The van der Waals surface area contributed by atoms with E-state index in [1.165, 1.54) is 7.05 Å². The highest BCUT2D eigenvalue weighted by molar-refractivity contribution is 7.84. The molecule has 2 rings (SSSR count). The van der Waals surface area contributed by atoms with Gasteiger partial charge in [0.1, 0.15) is 12.4 Å². The molecule has 0 fully saturated rings. The van der Waals surface area contributed by atoms with Crippen LogP contribution < -0.4 is 14.8 Å². The van der Waals surface area contributed by atoms with Gasteiger partial charge in [-0.3, -0.25) is 10.1 Å². The van der Waals surface area contributed by atoms with Crippen molar-refractivity contribution in [3.8, 4) is 10.8 Å². The number of rotatable bonds is 7. The van der Waals surface area contributed by atoms with Crippen LogP contribution in [0.25, 0.3) is 0 Å². The van der Waals surface area contributed by atoms with Gasteiger partial charge in [0.05, 0.1) is 5.69 Å². The van der Waals surface area contributed by atoms with Crippen LogP contribution in [-0.4, -0.2) is 33.0 Å². The number of ether oxygens (including phenoxy) is 1. The fourth-order valence-corrected chi connectivity index (χ4v) is 2.90. The number of hydrogen-bond donors (Lipinski definition) is 2. The Hall–Kier alpha value is -2.01. The van der Waals surface area contributed by atoms with Gasteiger partial charge >= 0.3 is 10.3 Å². The van der Waals surface area contributed by atoms with E-state index in [9.17, 15) is 13.2 Å². The van der Waals surface area contributed by atoms with Crippen LogP contribution >= 0.6 is 11.3 Å². The van der Waals surface area contributed by atoms with Crippen molar-refractivity contribution < 1.29 is 22.1 Å². The molecule has 0 radical (unpaired) electrons. The van der Waals surface area contributed by atoms with Gasteiger partial charge in [0.25, 0.3) is 5.91 Å². The molecule has 0 aliphatic carbocycles. The van der Waals surface area contributed by atoms with E-state index in [2.05, 4.69) is 14.5 Å². The lowest BCUT2D eigenvalue weighted by Crippen LogP contribution is -2.27. The van der Waals surface area contributed by atoms with Crippen molar-refractivity contribution in [1.82, 2.24) is 9.71 Å². The average Bonchev–Trinajstić information content (AvgIpc) is 2.85. The van der Waals surface area contributed by atoms with Crippen molar-refractivity contribution in [1.29, 1.82) is 0 Å². The van der Waals surface area contributed by atoms with Gasteiger partial charge in [-0.15, -0.1) is 0 Å². The highest BCUT2D eigenvalue weighted by Crippen LogP contribution is 2.34. The zero-order valence-corrected chi connectivity index (χ0v) is 15.0. The minimum atomic E-state index is -3.91.